The highest BCUT2D eigenvalue weighted by molar-refractivity contribution is 7.89. The average Bonchev–Trinajstić information content (AvgIpc) is 2.89. The maximum Gasteiger partial charge on any atom is 0.416 e. The summed E-state index contributed by atoms with van der Waals surface area (Å²) in [4.78, 5) is 16.6. The van der Waals surface area contributed by atoms with Crippen LogP contribution in [0.3, 0.4) is 0 Å². The number of carbonyl (C=O) groups is 1. The molecular formula is C27H27ClF3N3O3S. The summed E-state index contributed by atoms with van der Waals surface area (Å²) in [5.74, 6) is -0.392. The van der Waals surface area contributed by atoms with Crippen molar-refractivity contribution in [2.45, 2.75) is 24.5 Å². The van der Waals surface area contributed by atoms with E-state index in [-0.39, 0.29) is 24.5 Å². The van der Waals surface area contributed by atoms with Gasteiger partial charge in [0.05, 0.1) is 17.0 Å². The second kappa shape index (κ2) is 11.3. The lowest BCUT2D eigenvalue weighted by Gasteiger charge is -2.37. The van der Waals surface area contributed by atoms with E-state index in [1.807, 2.05) is 6.92 Å². The number of amides is 1. The summed E-state index contributed by atoms with van der Waals surface area (Å²) in [5.41, 5.74) is 1.16. The van der Waals surface area contributed by atoms with Crippen molar-refractivity contribution in [3.8, 4) is 0 Å². The summed E-state index contributed by atoms with van der Waals surface area (Å²) >= 11 is 6.29. The van der Waals surface area contributed by atoms with Crippen molar-refractivity contribution in [2.75, 3.05) is 37.6 Å². The van der Waals surface area contributed by atoms with Crippen molar-refractivity contribution in [2.24, 2.45) is 0 Å². The van der Waals surface area contributed by atoms with E-state index in [0.29, 0.717) is 29.4 Å². The first kappa shape index (κ1) is 27.9. The van der Waals surface area contributed by atoms with Gasteiger partial charge in [0, 0.05) is 43.4 Å². The van der Waals surface area contributed by atoms with Crippen LogP contribution in [0.15, 0.2) is 77.7 Å². The Labute approximate surface area is 225 Å². The smallest absolute Gasteiger partial charge is 0.368 e. The molecule has 6 nitrogen and oxygen atoms in total. The fourth-order valence-corrected chi connectivity index (χ4v) is 5.81. The first-order valence-electron chi connectivity index (χ1n) is 12.0. The predicted molar refractivity (Wildman–Crippen MR) is 140 cm³/mol. The van der Waals surface area contributed by atoms with E-state index in [4.69, 9.17) is 11.6 Å². The molecule has 1 aliphatic heterocycles. The van der Waals surface area contributed by atoms with Gasteiger partial charge >= 0.3 is 6.18 Å². The van der Waals surface area contributed by atoms with Crippen LogP contribution in [0.1, 0.15) is 16.7 Å². The Morgan fingerprint density at radius 2 is 1.61 bits per heavy atom. The molecule has 0 saturated carbocycles. The lowest BCUT2D eigenvalue weighted by atomic mass is 10.1. The van der Waals surface area contributed by atoms with E-state index >= 15 is 0 Å². The SMILES string of the molecule is Cc1ccc(S(=O)(=O)N(CC(=O)N2CCN(c3cccc(C(F)(F)F)c3)CC2)Cc2ccccc2Cl)cc1. The molecule has 38 heavy (non-hydrogen) atoms. The zero-order valence-electron chi connectivity index (χ0n) is 20.7. The Balaban J connectivity index is 1.49. The molecule has 0 radical (unpaired) electrons. The highest BCUT2D eigenvalue weighted by Crippen LogP contribution is 2.32. The van der Waals surface area contributed by atoms with Crippen LogP contribution >= 0.6 is 11.6 Å². The van der Waals surface area contributed by atoms with Gasteiger partial charge in [-0.2, -0.15) is 17.5 Å². The number of alkyl halides is 3. The summed E-state index contributed by atoms with van der Waals surface area (Å²) in [7, 11) is -4.03. The van der Waals surface area contributed by atoms with E-state index in [0.717, 1.165) is 22.0 Å². The fraction of sp³-hybridized carbons (Fsp3) is 0.296. The predicted octanol–water partition coefficient (Wildman–Crippen LogP) is 5.21. The van der Waals surface area contributed by atoms with Crippen molar-refractivity contribution in [3.05, 3.63) is 94.5 Å². The number of hydrogen-bond donors (Lipinski definition) is 0. The molecule has 0 N–H and O–H groups in total. The third-order valence-electron chi connectivity index (χ3n) is 6.45. The van der Waals surface area contributed by atoms with Crippen molar-refractivity contribution < 1.29 is 26.4 Å². The van der Waals surface area contributed by atoms with Gasteiger partial charge in [0.1, 0.15) is 0 Å². The van der Waals surface area contributed by atoms with Crippen LogP contribution in [0.5, 0.6) is 0 Å². The zero-order valence-corrected chi connectivity index (χ0v) is 22.2. The topological polar surface area (TPSA) is 60.9 Å². The second-order valence-corrected chi connectivity index (χ2v) is 11.4. The highest BCUT2D eigenvalue weighted by Gasteiger charge is 2.32. The van der Waals surface area contributed by atoms with E-state index in [2.05, 4.69) is 0 Å². The number of piperazine rings is 1. The first-order chi connectivity index (χ1) is 17.9. The quantitative estimate of drug-likeness (QED) is 0.395. The second-order valence-electron chi connectivity index (χ2n) is 9.09. The van der Waals surface area contributed by atoms with Gasteiger partial charge in [-0.15, -0.1) is 0 Å². The minimum absolute atomic E-state index is 0.0670. The van der Waals surface area contributed by atoms with Crippen molar-refractivity contribution in [1.29, 1.82) is 0 Å². The number of carbonyl (C=O) groups excluding carboxylic acids is 1. The summed E-state index contributed by atoms with van der Waals surface area (Å²) < 4.78 is 67.5. The molecule has 3 aromatic rings. The number of sulfonamides is 1. The molecule has 1 aliphatic rings. The standard InChI is InChI=1S/C27H27ClF3N3O3S/c1-20-9-11-24(12-10-20)38(36,37)34(18-21-5-2-3-8-25(21)28)19-26(35)33-15-13-32(14-16-33)23-7-4-6-22(17-23)27(29,30)31/h2-12,17H,13-16,18-19H2,1H3. The Morgan fingerprint density at radius 3 is 2.24 bits per heavy atom. The van der Waals surface area contributed by atoms with E-state index in [1.165, 1.54) is 23.1 Å². The number of anilines is 1. The molecule has 0 spiro atoms. The van der Waals surface area contributed by atoms with Crippen LogP contribution in [0, 0.1) is 6.92 Å². The van der Waals surface area contributed by atoms with Gasteiger partial charge in [-0.3, -0.25) is 4.79 Å². The van der Waals surface area contributed by atoms with Gasteiger partial charge < -0.3 is 9.80 Å². The van der Waals surface area contributed by atoms with Gasteiger partial charge in [-0.05, 0) is 48.9 Å². The molecule has 0 aromatic heterocycles. The molecule has 1 fully saturated rings. The normalized spacial score (nSPS) is 14.7. The maximum atomic E-state index is 13.5. The van der Waals surface area contributed by atoms with Crippen molar-refractivity contribution in [3.63, 3.8) is 0 Å². The van der Waals surface area contributed by atoms with Crippen LogP contribution in [0.25, 0.3) is 0 Å². The van der Waals surface area contributed by atoms with Crippen molar-refractivity contribution >= 4 is 33.2 Å². The molecule has 3 aromatic carbocycles. The number of benzene rings is 3. The van der Waals surface area contributed by atoms with Crippen molar-refractivity contribution in [1.82, 2.24) is 9.21 Å². The summed E-state index contributed by atoms with van der Waals surface area (Å²) in [5, 5.41) is 0.388. The molecule has 0 bridgehead atoms. The largest absolute Gasteiger partial charge is 0.416 e. The summed E-state index contributed by atoms with van der Waals surface area (Å²) in [6, 6.07) is 18.3. The Kier molecular flexibility index (Phi) is 8.34. The van der Waals surface area contributed by atoms with Gasteiger partial charge in [0.2, 0.25) is 15.9 Å². The van der Waals surface area contributed by atoms with Gasteiger partial charge in [0.25, 0.3) is 0 Å². The minimum atomic E-state index is -4.44. The first-order valence-corrected chi connectivity index (χ1v) is 13.8. The Morgan fingerprint density at radius 1 is 0.947 bits per heavy atom. The third-order valence-corrected chi connectivity index (χ3v) is 8.62. The number of rotatable bonds is 7. The molecule has 202 valence electrons. The minimum Gasteiger partial charge on any atom is -0.368 e. The van der Waals surface area contributed by atoms with Gasteiger partial charge in [-0.25, -0.2) is 8.42 Å². The number of halogens is 4. The lowest BCUT2D eigenvalue weighted by molar-refractivity contribution is -0.137. The number of hydrogen-bond acceptors (Lipinski definition) is 4. The monoisotopic (exact) mass is 565 g/mol. The number of aryl methyl sites for hydroxylation is 1. The molecule has 1 amide bonds. The van der Waals surface area contributed by atoms with Crippen LogP contribution in [0.4, 0.5) is 18.9 Å². The van der Waals surface area contributed by atoms with Crippen LogP contribution in [-0.2, 0) is 27.5 Å². The third kappa shape index (κ3) is 6.48. The van der Waals surface area contributed by atoms with Crippen LogP contribution in [0.2, 0.25) is 5.02 Å². The molecule has 1 saturated heterocycles. The Bertz CT molecular complexity index is 1390. The Hall–Kier alpha value is -3.08. The summed E-state index contributed by atoms with van der Waals surface area (Å²) in [6.45, 7) is 2.50. The molecular weight excluding hydrogens is 539 g/mol. The molecule has 0 aliphatic carbocycles. The van der Waals surface area contributed by atoms with E-state index in [1.54, 1.807) is 47.4 Å². The van der Waals surface area contributed by atoms with Gasteiger partial charge in [-0.1, -0.05) is 53.6 Å². The highest BCUT2D eigenvalue weighted by atomic mass is 35.5. The summed E-state index contributed by atoms with van der Waals surface area (Å²) in [6.07, 6.45) is -4.44. The van der Waals surface area contributed by atoms with Crippen LogP contribution < -0.4 is 4.90 Å². The number of nitrogens with zero attached hydrogens (tertiary/aromatic N) is 3. The average molecular weight is 566 g/mol. The molecule has 0 unspecified atom stereocenters. The molecule has 11 heteroatoms. The van der Waals surface area contributed by atoms with E-state index in [9.17, 15) is 26.4 Å². The lowest BCUT2D eigenvalue weighted by Crippen LogP contribution is -2.51. The zero-order chi connectivity index (χ0) is 27.5. The maximum absolute atomic E-state index is 13.5. The molecule has 4 rings (SSSR count). The van der Waals surface area contributed by atoms with E-state index < -0.39 is 34.2 Å². The fourth-order valence-electron chi connectivity index (χ4n) is 4.25. The molecule has 1 heterocycles. The van der Waals surface area contributed by atoms with Crippen LogP contribution in [-0.4, -0.2) is 56.3 Å². The van der Waals surface area contributed by atoms with Gasteiger partial charge in [0.15, 0.2) is 0 Å². The molecule has 0 atom stereocenters.